The Balaban J connectivity index is 2.96. The van der Waals surface area contributed by atoms with Gasteiger partial charge >= 0.3 is 0 Å². The highest BCUT2D eigenvalue weighted by Gasteiger charge is 2.33. The van der Waals surface area contributed by atoms with Crippen molar-refractivity contribution in [2.45, 2.75) is 38.9 Å². The standard InChI is InChI=1S/C16H20Si/c1-7-14-8-10-15(11-9-14)12-13-17(5,6)16(2,3)4/h1,8-11H,2-6H3. The maximum atomic E-state index is 5.32. The second kappa shape index (κ2) is 4.82. The first-order valence-corrected chi connectivity index (χ1v) is 8.86. The Morgan fingerprint density at radius 3 is 1.88 bits per heavy atom. The number of hydrogen-bond donors (Lipinski definition) is 0. The van der Waals surface area contributed by atoms with Crippen molar-refractivity contribution in [3.63, 3.8) is 0 Å². The van der Waals surface area contributed by atoms with Crippen molar-refractivity contribution in [2.24, 2.45) is 0 Å². The van der Waals surface area contributed by atoms with Gasteiger partial charge in [0, 0.05) is 11.1 Å². The lowest BCUT2D eigenvalue weighted by molar-refractivity contribution is 0.731. The fourth-order valence-electron chi connectivity index (χ4n) is 1.07. The van der Waals surface area contributed by atoms with Crippen LogP contribution < -0.4 is 0 Å². The maximum absolute atomic E-state index is 5.32. The predicted octanol–water partition coefficient (Wildman–Crippen LogP) is 4.07. The van der Waals surface area contributed by atoms with E-state index in [0.717, 1.165) is 11.1 Å². The van der Waals surface area contributed by atoms with E-state index >= 15 is 0 Å². The molecule has 0 amide bonds. The third-order valence-electron chi connectivity index (χ3n) is 3.45. The Labute approximate surface area is 106 Å². The minimum atomic E-state index is -1.51. The molecule has 0 aliphatic heterocycles. The summed E-state index contributed by atoms with van der Waals surface area (Å²) in [6.07, 6.45) is 5.32. The molecular weight excluding hydrogens is 220 g/mol. The summed E-state index contributed by atoms with van der Waals surface area (Å²) < 4.78 is 0. The molecule has 88 valence electrons. The van der Waals surface area contributed by atoms with Crippen LogP contribution in [0.15, 0.2) is 24.3 Å². The van der Waals surface area contributed by atoms with Gasteiger partial charge in [0.05, 0.1) is 0 Å². The van der Waals surface area contributed by atoms with Crippen molar-refractivity contribution < 1.29 is 0 Å². The molecule has 1 rings (SSSR count). The second-order valence-electron chi connectivity index (χ2n) is 5.85. The molecule has 0 N–H and O–H groups in total. The van der Waals surface area contributed by atoms with Gasteiger partial charge in [0.1, 0.15) is 8.07 Å². The summed E-state index contributed by atoms with van der Waals surface area (Å²) in [6, 6.07) is 7.87. The fraction of sp³-hybridized carbons (Fsp3) is 0.375. The quantitative estimate of drug-likeness (QED) is 0.474. The average Bonchev–Trinajstić information content (AvgIpc) is 2.25. The van der Waals surface area contributed by atoms with Crippen molar-refractivity contribution >= 4 is 8.07 Å². The van der Waals surface area contributed by atoms with Crippen molar-refractivity contribution in [2.75, 3.05) is 0 Å². The molecule has 0 aromatic heterocycles. The normalized spacial score (nSPS) is 11.3. The number of rotatable bonds is 0. The van der Waals surface area contributed by atoms with Crippen LogP contribution in [-0.4, -0.2) is 8.07 Å². The second-order valence-corrected chi connectivity index (χ2v) is 10.8. The summed E-state index contributed by atoms with van der Waals surface area (Å²) in [5.74, 6) is 5.90. The molecule has 0 bridgehead atoms. The highest BCUT2D eigenvalue weighted by molar-refractivity contribution is 6.87. The third kappa shape index (κ3) is 3.51. The Hall–Kier alpha value is -1.44. The van der Waals surface area contributed by atoms with Gasteiger partial charge in [-0.15, -0.1) is 12.0 Å². The zero-order chi connectivity index (χ0) is 13.1. The van der Waals surface area contributed by atoms with E-state index in [0.29, 0.717) is 5.04 Å². The summed E-state index contributed by atoms with van der Waals surface area (Å²) in [4.78, 5) is 0. The van der Waals surface area contributed by atoms with E-state index in [4.69, 9.17) is 6.42 Å². The Morgan fingerprint density at radius 2 is 1.47 bits per heavy atom. The van der Waals surface area contributed by atoms with Crippen LogP contribution in [0.5, 0.6) is 0 Å². The van der Waals surface area contributed by atoms with Crippen LogP contribution in [0.3, 0.4) is 0 Å². The van der Waals surface area contributed by atoms with Crippen LogP contribution in [-0.2, 0) is 0 Å². The van der Waals surface area contributed by atoms with Crippen molar-refractivity contribution in [3.05, 3.63) is 35.4 Å². The molecule has 0 atom stereocenters. The lowest BCUT2D eigenvalue weighted by Gasteiger charge is -2.31. The van der Waals surface area contributed by atoms with E-state index in [1.165, 1.54) is 0 Å². The zero-order valence-corrected chi connectivity index (χ0v) is 12.4. The van der Waals surface area contributed by atoms with Crippen LogP contribution in [0.25, 0.3) is 0 Å². The average molecular weight is 240 g/mol. The van der Waals surface area contributed by atoms with Gasteiger partial charge in [0.25, 0.3) is 0 Å². The first kappa shape index (κ1) is 13.6. The van der Waals surface area contributed by atoms with Crippen LogP contribution in [0.1, 0.15) is 31.9 Å². The lowest BCUT2D eigenvalue weighted by atomic mass is 10.1. The first-order chi connectivity index (χ1) is 7.76. The molecular formula is C16H20Si. The molecule has 0 unspecified atom stereocenters. The molecule has 0 heterocycles. The highest BCUT2D eigenvalue weighted by atomic mass is 28.3. The summed E-state index contributed by atoms with van der Waals surface area (Å²) >= 11 is 0. The van der Waals surface area contributed by atoms with Gasteiger partial charge in [-0.1, -0.05) is 45.7 Å². The number of benzene rings is 1. The lowest BCUT2D eigenvalue weighted by Crippen LogP contribution is -2.35. The van der Waals surface area contributed by atoms with Gasteiger partial charge in [-0.2, -0.15) is 0 Å². The molecule has 0 nitrogen and oxygen atoms in total. The van der Waals surface area contributed by atoms with E-state index in [-0.39, 0.29) is 0 Å². The molecule has 0 spiro atoms. The van der Waals surface area contributed by atoms with E-state index in [9.17, 15) is 0 Å². The van der Waals surface area contributed by atoms with Crippen LogP contribution >= 0.6 is 0 Å². The molecule has 0 saturated carbocycles. The van der Waals surface area contributed by atoms with E-state index in [1.807, 2.05) is 24.3 Å². The Kier molecular flexibility index (Phi) is 3.86. The SMILES string of the molecule is C#Cc1ccc(C#C[Si](C)(C)C(C)(C)C)cc1. The predicted molar refractivity (Wildman–Crippen MR) is 78.5 cm³/mol. The molecule has 0 radical (unpaired) electrons. The highest BCUT2D eigenvalue weighted by Crippen LogP contribution is 2.35. The minimum absolute atomic E-state index is 0.304. The molecule has 17 heavy (non-hydrogen) atoms. The molecule has 0 saturated heterocycles. The monoisotopic (exact) mass is 240 g/mol. The van der Waals surface area contributed by atoms with Gasteiger partial charge in [-0.05, 0) is 29.3 Å². The van der Waals surface area contributed by atoms with Crippen LogP contribution in [0, 0.1) is 23.8 Å². The topological polar surface area (TPSA) is 0 Å². The first-order valence-electron chi connectivity index (χ1n) is 5.86. The fourth-order valence-corrected chi connectivity index (χ4v) is 1.90. The van der Waals surface area contributed by atoms with Crippen LogP contribution in [0.2, 0.25) is 18.1 Å². The zero-order valence-electron chi connectivity index (χ0n) is 11.4. The molecule has 1 aromatic rings. The van der Waals surface area contributed by atoms with E-state index in [1.54, 1.807) is 0 Å². The van der Waals surface area contributed by atoms with Crippen molar-refractivity contribution in [1.29, 1.82) is 0 Å². The number of hydrogen-bond acceptors (Lipinski definition) is 0. The van der Waals surface area contributed by atoms with Crippen molar-refractivity contribution in [3.8, 4) is 23.8 Å². The molecule has 1 heteroatoms. The smallest absolute Gasteiger partial charge is 0.126 e. The molecule has 0 fully saturated rings. The summed E-state index contributed by atoms with van der Waals surface area (Å²) in [5.41, 5.74) is 5.45. The van der Waals surface area contributed by atoms with Gasteiger partial charge in [-0.25, -0.2) is 0 Å². The third-order valence-corrected chi connectivity index (χ3v) is 7.95. The number of terminal acetylenes is 1. The Bertz CT molecular complexity index is 482. The van der Waals surface area contributed by atoms with Crippen molar-refractivity contribution in [1.82, 2.24) is 0 Å². The van der Waals surface area contributed by atoms with E-state index in [2.05, 4.69) is 51.2 Å². The van der Waals surface area contributed by atoms with Crippen LogP contribution in [0.4, 0.5) is 0 Å². The summed E-state index contributed by atoms with van der Waals surface area (Å²) in [5, 5.41) is 0.304. The Morgan fingerprint density at radius 1 is 1.00 bits per heavy atom. The molecule has 0 aliphatic carbocycles. The van der Waals surface area contributed by atoms with Gasteiger partial charge in [0.2, 0.25) is 0 Å². The van der Waals surface area contributed by atoms with Gasteiger partial charge < -0.3 is 0 Å². The van der Waals surface area contributed by atoms with Gasteiger partial charge in [0.15, 0.2) is 0 Å². The summed E-state index contributed by atoms with van der Waals surface area (Å²) in [7, 11) is -1.51. The molecule has 0 aliphatic rings. The molecule has 1 aromatic carbocycles. The summed E-state index contributed by atoms with van der Waals surface area (Å²) in [6.45, 7) is 11.5. The minimum Gasteiger partial charge on any atom is -0.126 e. The maximum Gasteiger partial charge on any atom is 0.138 e. The largest absolute Gasteiger partial charge is 0.138 e. The van der Waals surface area contributed by atoms with Gasteiger partial charge in [-0.3, -0.25) is 0 Å². The van der Waals surface area contributed by atoms with E-state index < -0.39 is 8.07 Å².